The molecular weight excluding hydrogens is 434 g/mol. The maximum Gasteiger partial charge on any atom is 0.161 e. The zero-order valence-electron chi connectivity index (χ0n) is 19.7. The zero-order valence-corrected chi connectivity index (χ0v) is 19.7. The number of benzene rings is 4. The quantitative estimate of drug-likeness (QED) is 0.344. The van der Waals surface area contributed by atoms with Gasteiger partial charge in [0.2, 0.25) is 0 Å². The molecule has 4 aromatic rings. The van der Waals surface area contributed by atoms with Gasteiger partial charge in [0.15, 0.2) is 17.3 Å². The Bertz CT molecular complexity index is 1460. The summed E-state index contributed by atoms with van der Waals surface area (Å²) in [6, 6.07) is 28.5. The molecule has 4 heteroatoms. The van der Waals surface area contributed by atoms with Gasteiger partial charge in [-0.05, 0) is 58.5 Å². The van der Waals surface area contributed by atoms with Gasteiger partial charge in [-0.25, -0.2) is 0 Å². The summed E-state index contributed by atoms with van der Waals surface area (Å²) < 4.78 is 11.8. The monoisotopic (exact) mass is 461 g/mol. The first-order valence-electron chi connectivity index (χ1n) is 12.1. The SMILES string of the molecule is COc1cc(C2Nc3ccc4ccccc4c3C3=C2C(=O)CCC3)ccc1OCc1ccccc1. The summed E-state index contributed by atoms with van der Waals surface area (Å²) in [5.74, 6) is 1.58. The zero-order chi connectivity index (χ0) is 23.8. The molecule has 0 amide bonds. The number of rotatable bonds is 5. The molecule has 1 aliphatic heterocycles. The van der Waals surface area contributed by atoms with Gasteiger partial charge in [-0.2, -0.15) is 0 Å². The summed E-state index contributed by atoms with van der Waals surface area (Å²) in [6.07, 6.45) is 2.39. The van der Waals surface area contributed by atoms with Crippen LogP contribution in [0.3, 0.4) is 0 Å². The normalized spacial score (nSPS) is 16.9. The van der Waals surface area contributed by atoms with E-state index in [9.17, 15) is 4.79 Å². The third-order valence-corrected chi connectivity index (χ3v) is 7.03. The topological polar surface area (TPSA) is 47.6 Å². The second kappa shape index (κ2) is 8.95. The van der Waals surface area contributed by atoms with E-state index in [1.54, 1.807) is 7.11 Å². The van der Waals surface area contributed by atoms with Crippen LogP contribution in [0.15, 0.2) is 90.5 Å². The molecule has 1 atom stereocenters. The molecule has 0 spiro atoms. The number of Topliss-reactive ketones (excluding diaryl/α,β-unsaturated/α-hetero) is 1. The summed E-state index contributed by atoms with van der Waals surface area (Å²) >= 11 is 0. The van der Waals surface area contributed by atoms with Gasteiger partial charge in [0.1, 0.15) is 6.61 Å². The number of fused-ring (bicyclic) bond motifs is 4. The molecule has 1 unspecified atom stereocenters. The van der Waals surface area contributed by atoms with Gasteiger partial charge in [-0.15, -0.1) is 0 Å². The van der Waals surface area contributed by atoms with Crippen molar-refractivity contribution in [2.24, 2.45) is 0 Å². The molecule has 6 rings (SSSR count). The van der Waals surface area contributed by atoms with Crippen LogP contribution in [0, 0.1) is 0 Å². The van der Waals surface area contributed by atoms with E-state index >= 15 is 0 Å². The van der Waals surface area contributed by atoms with Crippen molar-refractivity contribution in [3.05, 3.63) is 107 Å². The molecule has 4 aromatic carbocycles. The molecule has 1 heterocycles. The molecule has 1 aliphatic carbocycles. The van der Waals surface area contributed by atoms with Gasteiger partial charge in [0.25, 0.3) is 0 Å². The van der Waals surface area contributed by atoms with Crippen molar-refractivity contribution in [2.75, 3.05) is 12.4 Å². The predicted molar refractivity (Wildman–Crippen MR) is 140 cm³/mol. The summed E-state index contributed by atoms with van der Waals surface area (Å²) in [6.45, 7) is 0.465. The summed E-state index contributed by atoms with van der Waals surface area (Å²) in [5, 5.41) is 6.08. The average molecular weight is 462 g/mol. The first kappa shape index (κ1) is 21.5. The van der Waals surface area contributed by atoms with Crippen LogP contribution in [0.1, 0.15) is 42.0 Å². The summed E-state index contributed by atoms with van der Waals surface area (Å²) in [5.41, 5.74) is 6.41. The average Bonchev–Trinajstić information content (AvgIpc) is 2.91. The van der Waals surface area contributed by atoms with E-state index in [-0.39, 0.29) is 11.8 Å². The van der Waals surface area contributed by atoms with Gasteiger partial charge in [-0.1, -0.05) is 66.7 Å². The van der Waals surface area contributed by atoms with Crippen molar-refractivity contribution in [3.63, 3.8) is 0 Å². The molecule has 0 saturated heterocycles. The summed E-state index contributed by atoms with van der Waals surface area (Å²) in [4.78, 5) is 13.3. The van der Waals surface area contributed by atoms with Crippen molar-refractivity contribution in [3.8, 4) is 11.5 Å². The second-order valence-corrected chi connectivity index (χ2v) is 9.14. The Balaban J connectivity index is 1.40. The molecule has 4 nitrogen and oxygen atoms in total. The third-order valence-electron chi connectivity index (χ3n) is 7.03. The number of ketones is 1. The van der Waals surface area contributed by atoms with Crippen LogP contribution in [0.5, 0.6) is 11.5 Å². The minimum absolute atomic E-state index is 0.219. The standard InChI is InChI=1S/C31H27NO3/c1-34-28-18-22(15-17-27(28)35-19-20-8-3-2-4-9-20)31-30-24(12-7-13-26(30)33)29-23-11-6-5-10-21(23)14-16-25(29)32-31/h2-6,8-11,14-18,31-32H,7,12-13,19H2,1H3. The number of allylic oxidation sites excluding steroid dienone is 1. The van der Waals surface area contributed by atoms with E-state index in [0.29, 0.717) is 24.5 Å². The van der Waals surface area contributed by atoms with E-state index < -0.39 is 0 Å². The van der Waals surface area contributed by atoms with Crippen molar-refractivity contribution < 1.29 is 14.3 Å². The van der Waals surface area contributed by atoms with E-state index in [2.05, 4.69) is 41.7 Å². The smallest absolute Gasteiger partial charge is 0.161 e. The minimum atomic E-state index is -0.219. The highest BCUT2D eigenvalue weighted by molar-refractivity contribution is 6.12. The largest absolute Gasteiger partial charge is 0.493 e. The molecule has 0 aromatic heterocycles. The number of methoxy groups -OCH3 is 1. The van der Waals surface area contributed by atoms with E-state index in [4.69, 9.17) is 9.47 Å². The number of nitrogens with one attached hydrogen (secondary N) is 1. The number of carbonyl (C=O) groups excluding carboxylic acids is 1. The van der Waals surface area contributed by atoms with Crippen LogP contribution in [-0.2, 0) is 11.4 Å². The Morgan fingerprint density at radius 1 is 0.886 bits per heavy atom. The molecule has 0 fully saturated rings. The van der Waals surface area contributed by atoms with Crippen molar-refractivity contribution in [1.82, 2.24) is 0 Å². The van der Waals surface area contributed by atoms with Crippen LogP contribution >= 0.6 is 0 Å². The number of anilines is 1. The van der Waals surface area contributed by atoms with Gasteiger partial charge in [0, 0.05) is 23.2 Å². The molecule has 0 saturated carbocycles. The highest BCUT2D eigenvalue weighted by atomic mass is 16.5. The minimum Gasteiger partial charge on any atom is -0.493 e. The highest BCUT2D eigenvalue weighted by Gasteiger charge is 2.35. The van der Waals surface area contributed by atoms with Crippen molar-refractivity contribution >= 4 is 27.8 Å². The lowest BCUT2D eigenvalue weighted by atomic mass is 9.77. The Kier molecular flexibility index (Phi) is 5.49. The third kappa shape index (κ3) is 3.85. The maximum atomic E-state index is 13.3. The Hall–Kier alpha value is -4.05. The number of hydrogen-bond acceptors (Lipinski definition) is 4. The highest BCUT2D eigenvalue weighted by Crippen LogP contribution is 2.48. The molecule has 0 radical (unpaired) electrons. The predicted octanol–water partition coefficient (Wildman–Crippen LogP) is 7.10. The van der Waals surface area contributed by atoms with Crippen molar-refractivity contribution in [2.45, 2.75) is 31.9 Å². The van der Waals surface area contributed by atoms with E-state index in [1.807, 2.05) is 48.5 Å². The molecule has 1 N–H and O–H groups in total. The van der Waals surface area contributed by atoms with Crippen LogP contribution in [-0.4, -0.2) is 12.9 Å². The Morgan fingerprint density at radius 3 is 2.57 bits per heavy atom. The number of carbonyl (C=O) groups is 1. The fourth-order valence-electron chi connectivity index (χ4n) is 5.37. The lowest BCUT2D eigenvalue weighted by Gasteiger charge is -2.35. The fourth-order valence-corrected chi connectivity index (χ4v) is 5.37. The van der Waals surface area contributed by atoms with Gasteiger partial charge in [-0.3, -0.25) is 4.79 Å². The van der Waals surface area contributed by atoms with Crippen LogP contribution in [0.25, 0.3) is 16.3 Å². The van der Waals surface area contributed by atoms with Crippen LogP contribution in [0.2, 0.25) is 0 Å². The van der Waals surface area contributed by atoms with Crippen LogP contribution in [0.4, 0.5) is 5.69 Å². The summed E-state index contributed by atoms with van der Waals surface area (Å²) in [7, 11) is 1.65. The first-order chi connectivity index (χ1) is 17.2. The molecular formula is C31H27NO3. The lowest BCUT2D eigenvalue weighted by molar-refractivity contribution is -0.116. The number of ether oxygens (including phenoxy) is 2. The Morgan fingerprint density at radius 2 is 1.71 bits per heavy atom. The van der Waals surface area contributed by atoms with Crippen LogP contribution < -0.4 is 14.8 Å². The van der Waals surface area contributed by atoms with Gasteiger partial charge >= 0.3 is 0 Å². The molecule has 35 heavy (non-hydrogen) atoms. The second-order valence-electron chi connectivity index (χ2n) is 9.14. The number of hydrogen-bond donors (Lipinski definition) is 1. The molecule has 174 valence electrons. The molecule has 0 bridgehead atoms. The first-order valence-corrected chi connectivity index (χ1v) is 12.1. The van der Waals surface area contributed by atoms with E-state index in [0.717, 1.165) is 35.2 Å². The van der Waals surface area contributed by atoms with E-state index in [1.165, 1.54) is 21.9 Å². The van der Waals surface area contributed by atoms with Gasteiger partial charge in [0.05, 0.1) is 13.2 Å². The lowest BCUT2D eigenvalue weighted by Crippen LogP contribution is -2.27. The Labute approximate surface area is 205 Å². The molecule has 2 aliphatic rings. The van der Waals surface area contributed by atoms with Gasteiger partial charge < -0.3 is 14.8 Å². The van der Waals surface area contributed by atoms with Crippen molar-refractivity contribution in [1.29, 1.82) is 0 Å². The fraction of sp³-hybridized carbons (Fsp3) is 0.194. The maximum absolute atomic E-state index is 13.3.